The topological polar surface area (TPSA) is 63.7 Å². The van der Waals surface area contributed by atoms with E-state index in [1.165, 1.54) is 0 Å². The molecule has 6 nitrogen and oxygen atoms in total. The molecule has 1 amide bonds. The second-order valence-electron chi connectivity index (χ2n) is 6.57. The number of nitriles is 1. The van der Waals surface area contributed by atoms with Gasteiger partial charge in [-0.15, -0.1) is 0 Å². The van der Waals surface area contributed by atoms with Crippen LogP contribution in [0.3, 0.4) is 0 Å². The first-order valence-electron chi connectivity index (χ1n) is 9.05. The number of amides is 1. The van der Waals surface area contributed by atoms with Gasteiger partial charge in [-0.3, -0.25) is 14.6 Å². The molecule has 0 N–H and O–H groups in total. The van der Waals surface area contributed by atoms with Crippen molar-refractivity contribution < 1.29 is 9.21 Å². The number of furan rings is 1. The molecule has 1 saturated heterocycles. The molecule has 1 aliphatic heterocycles. The van der Waals surface area contributed by atoms with Gasteiger partial charge < -0.3 is 9.32 Å². The molecule has 0 aliphatic carbocycles. The lowest BCUT2D eigenvalue weighted by molar-refractivity contribution is -0.120. The van der Waals surface area contributed by atoms with Gasteiger partial charge in [0.05, 0.1) is 31.8 Å². The predicted octanol–water partition coefficient (Wildman–Crippen LogP) is 3.00. The Kier molecular flexibility index (Phi) is 6.88. The fraction of sp³-hybridized carbons (Fsp3) is 0.400. The van der Waals surface area contributed by atoms with Crippen LogP contribution in [-0.2, 0) is 11.3 Å². The largest absolute Gasteiger partial charge is 0.468 e. The van der Waals surface area contributed by atoms with Gasteiger partial charge in [-0.1, -0.05) is 17.7 Å². The SMILES string of the molecule is N#CCCN(C(=O)CN1CCN(Cc2ccco2)CC1)c1cccc(Cl)c1. The summed E-state index contributed by atoms with van der Waals surface area (Å²) >= 11 is 6.07. The van der Waals surface area contributed by atoms with E-state index in [1.807, 2.05) is 24.3 Å². The summed E-state index contributed by atoms with van der Waals surface area (Å²) in [5, 5.41) is 9.49. The number of halogens is 1. The molecule has 1 fully saturated rings. The minimum Gasteiger partial charge on any atom is -0.468 e. The number of benzene rings is 1. The van der Waals surface area contributed by atoms with Gasteiger partial charge in [0.15, 0.2) is 0 Å². The van der Waals surface area contributed by atoms with Crippen molar-refractivity contribution >= 4 is 23.2 Å². The zero-order valence-corrected chi connectivity index (χ0v) is 15.9. The lowest BCUT2D eigenvalue weighted by Gasteiger charge is -2.35. The Balaban J connectivity index is 1.55. The second kappa shape index (κ2) is 9.56. The molecule has 1 aromatic carbocycles. The Morgan fingerprint density at radius 3 is 2.63 bits per heavy atom. The van der Waals surface area contributed by atoms with Crippen LogP contribution >= 0.6 is 11.6 Å². The molecule has 0 saturated carbocycles. The van der Waals surface area contributed by atoms with Gasteiger partial charge in [0, 0.05) is 43.4 Å². The Hall–Kier alpha value is -2.33. The molecule has 142 valence electrons. The Labute approximate surface area is 164 Å². The number of carbonyl (C=O) groups excluding carboxylic acids is 1. The Morgan fingerprint density at radius 1 is 1.19 bits per heavy atom. The van der Waals surface area contributed by atoms with Crippen LogP contribution < -0.4 is 4.90 Å². The third-order valence-corrected chi connectivity index (χ3v) is 4.89. The molecule has 7 heteroatoms. The molecule has 2 heterocycles. The average Bonchev–Trinajstić information content (AvgIpc) is 3.17. The summed E-state index contributed by atoms with van der Waals surface area (Å²) in [6.07, 6.45) is 1.98. The standard InChI is InChI=1S/C20H23ClN4O2/c21-17-4-1-5-18(14-17)25(8-3-7-22)20(26)16-24-11-9-23(10-12-24)15-19-6-2-13-27-19/h1-2,4-6,13-14H,3,8-12,15-16H2. The van der Waals surface area contributed by atoms with Crippen LogP contribution in [0.25, 0.3) is 0 Å². The molecule has 0 spiro atoms. The first kappa shape index (κ1) is 19.4. The van der Waals surface area contributed by atoms with Crippen LogP contribution in [0.1, 0.15) is 12.2 Å². The maximum absolute atomic E-state index is 12.9. The molecule has 0 bridgehead atoms. The summed E-state index contributed by atoms with van der Waals surface area (Å²) in [6.45, 7) is 4.95. The van der Waals surface area contributed by atoms with Crippen molar-refractivity contribution in [1.29, 1.82) is 5.26 Å². The minimum atomic E-state index is -0.00741. The third-order valence-electron chi connectivity index (χ3n) is 4.65. The number of carbonyl (C=O) groups is 1. The molecule has 1 aromatic heterocycles. The van der Waals surface area contributed by atoms with E-state index in [1.54, 1.807) is 23.3 Å². The Bertz CT molecular complexity index is 780. The van der Waals surface area contributed by atoms with Gasteiger partial charge in [0.25, 0.3) is 0 Å². The zero-order chi connectivity index (χ0) is 19.1. The van der Waals surface area contributed by atoms with Crippen molar-refractivity contribution in [3.8, 4) is 6.07 Å². The van der Waals surface area contributed by atoms with E-state index in [0.29, 0.717) is 18.1 Å². The number of nitrogens with zero attached hydrogens (tertiary/aromatic N) is 4. The van der Waals surface area contributed by atoms with E-state index in [2.05, 4.69) is 15.9 Å². The first-order valence-corrected chi connectivity index (χ1v) is 9.43. The van der Waals surface area contributed by atoms with Crippen molar-refractivity contribution in [2.45, 2.75) is 13.0 Å². The smallest absolute Gasteiger partial charge is 0.241 e. The summed E-state index contributed by atoms with van der Waals surface area (Å²) in [5.41, 5.74) is 0.735. The second-order valence-corrected chi connectivity index (χ2v) is 7.00. The number of hydrogen-bond donors (Lipinski definition) is 0. The highest BCUT2D eigenvalue weighted by Gasteiger charge is 2.23. The quantitative estimate of drug-likeness (QED) is 0.732. The summed E-state index contributed by atoms with van der Waals surface area (Å²) < 4.78 is 5.40. The molecular weight excluding hydrogens is 364 g/mol. The van der Waals surface area contributed by atoms with E-state index in [9.17, 15) is 4.79 Å². The van der Waals surface area contributed by atoms with Crippen LogP contribution in [0.5, 0.6) is 0 Å². The fourth-order valence-corrected chi connectivity index (χ4v) is 3.39. The predicted molar refractivity (Wildman–Crippen MR) is 104 cm³/mol. The van der Waals surface area contributed by atoms with E-state index in [-0.39, 0.29) is 12.3 Å². The van der Waals surface area contributed by atoms with Crippen LogP contribution in [-0.4, -0.2) is 55.0 Å². The van der Waals surface area contributed by atoms with Gasteiger partial charge in [-0.25, -0.2) is 0 Å². The minimum absolute atomic E-state index is 0.00741. The zero-order valence-electron chi connectivity index (χ0n) is 15.2. The van der Waals surface area contributed by atoms with E-state index >= 15 is 0 Å². The molecule has 0 atom stereocenters. The molecule has 1 aliphatic rings. The van der Waals surface area contributed by atoms with Crippen LogP contribution in [0.2, 0.25) is 5.02 Å². The van der Waals surface area contributed by atoms with E-state index in [4.69, 9.17) is 21.3 Å². The molecule has 27 heavy (non-hydrogen) atoms. The van der Waals surface area contributed by atoms with Gasteiger partial charge in [0.1, 0.15) is 5.76 Å². The van der Waals surface area contributed by atoms with Crippen molar-refractivity contribution in [2.75, 3.05) is 44.2 Å². The summed E-state index contributed by atoms with van der Waals surface area (Å²) in [6, 6.07) is 13.2. The molecule has 2 aromatic rings. The van der Waals surface area contributed by atoms with Gasteiger partial charge in [0.2, 0.25) is 5.91 Å². The van der Waals surface area contributed by atoms with E-state index in [0.717, 1.165) is 44.2 Å². The van der Waals surface area contributed by atoms with Gasteiger partial charge in [-0.2, -0.15) is 5.26 Å². The lowest BCUT2D eigenvalue weighted by Crippen LogP contribution is -2.50. The maximum Gasteiger partial charge on any atom is 0.241 e. The fourth-order valence-electron chi connectivity index (χ4n) is 3.21. The molecular formula is C20H23ClN4O2. The molecule has 3 rings (SSSR count). The van der Waals surface area contributed by atoms with E-state index < -0.39 is 0 Å². The van der Waals surface area contributed by atoms with Crippen molar-refractivity contribution in [2.24, 2.45) is 0 Å². The number of anilines is 1. The molecule has 0 radical (unpaired) electrons. The van der Waals surface area contributed by atoms with Crippen LogP contribution in [0, 0.1) is 11.3 Å². The number of rotatable bonds is 7. The average molecular weight is 387 g/mol. The van der Waals surface area contributed by atoms with Crippen molar-refractivity contribution in [1.82, 2.24) is 9.80 Å². The summed E-state index contributed by atoms with van der Waals surface area (Å²) in [5.74, 6) is 0.954. The van der Waals surface area contributed by atoms with Crippen molar-refractivity contribution in [3.63, 3.8) is 0 Å². The summed E-state index contributed by atoms with van der Waals surface area (Å²) in [4.78, 5) is 19.0. The lowest BCUT2D eigenvalue weighted by atomic mass is 10.2. The molecule has 0 unspecified atom stereocenters. The summed E-state index contributed by atoms with van der Waals surface area (Å²) in [7, 11) is 0. The third kappa shape index (κ3) is 5.57. The van der Waals surface area contributed by atoms with Crippen molar-refractivity contribution in [3.05, 3.63) is 53.4 Å². The Morgan fingerprint density at radius 2 is 1.96 bits per heavy atom. The highest BCUT2D eigenvalue weighted by atomic mass is 35.5. The highest BCUT2D eigenvalue weighted by molar-refractivity contribution is 6.30. The van der Waals surface area contributed by atoms with Crippen LogP contribution in [0.15, 0.2) is 47.1 Å². The maximum atomic E-state index is 12.9. The van der Waals surface area contributed by atoms with Crippen LogP contribution in [0.4, 0.5) is 5.69 Å². The number of hydrogen-bond acceptors (Lipinski definition) is 5. The highest BCUT2D eigenvalue weighted by Crippen LogP contribution is 2.20. The van der Waals surface area contributed by atoms with Gasteiger partial charge in [-0.05, 0) is 30.3 Å². The monoisotopic (exact) mass is 386 g/mol. The van der Waals surface area contributed by atoms with Gasteiger partial charge >= 0.3 is 0 Å². The first-order chi connectivity index (χ1) is 13.2. The number of piperazine rings is 1. The normalized spacial score (nSPS) is 15.4.